The zero-order valence-corrected chi connectivity index (χ0v) is 17.0. The van der Waals surface area contributed by atoms with Gasteiger partial charge in [0.1, 0.15) is 12.0 Å². The fourth-order valence-corrected chi connectivity index (χ4v) is 4.42. The number of carbonyl (C=O) groups is 2. The van der Waals surface area contributed by atoms with Gasteiger partial charge in [0.05, 0.1) is 5.60 Å². The summed E-state index contributed by atoms with van der Waals surface area (Å²) in [5.41, 5.74) is 0.919. The Morgan fingerprint density at radius 2 is 1.90 bits per heavy atom. The second-order valence-electron chi connectivity index (χ2n) is 8.06. The summed E-state index contributed by atoms with van der Waals surface area (Å²) < 4.78 is 6.21. The van der Waals surface area contributed by atoms with Crippen molar-refractivity contribution in [3.63, 3.8) is 0 Å². The maximum atomic E-state index is 12.6. The molecule has 2 aliphatic heterocycles. The summed E-state index contributed by atoms with van der Waals surface area (Å²) in [5, 5.41) is 3.01. The molecule has 30 heavy (non-hydrogen) atoms. The van der Waals surface area contributed by atoms with Gasteiger partial charge < -0.3 is 15.0 Å². The van der Waals surface area contributed by atoms with Crippen LogP contribution in [0.5, 0.6) is 0 Å². The van der Waals surface area contributed by atoms with Crippen LogP contribution in [0.1, 0.15) is 53.0 Å². The minimum Gasteiger partial charge on any atom is -0.375 e. The van der Waals surface area contributed by atoms with E-state index in [4.69, 9.17) is 4.74 Å². The molecule has 2 amide bonds. The molecule has 0 aromatic carbocycles. The van der Waals surface area contributed by atoms with Gasteiger partial charge in [0.25, 0.3) is 11.8 Å². The lowest BCUT2D eigenvalue weighted by atomic mass is 9.78. The van der Waals surface area contributed by atoms with E-state index in [1.807, 2.05) is 4.90 Å². The van der Waals surface area contributed by atoms with Gasteiger partial charge >= 0.3 is 0 Å². The Kier molecular flexibility index (Phi) is 6.32. The van der Waals surface area contributed by atoms with Crippen molar-refractivity contribution in [1.29, 1.82) is 0 Å². The number of ether oxygens (including phenoxy) is 1. The molecule has 0 bridgehead atoms. The molecule has 8 heteroatoms. The smallest absolute Gasteiger partial charge is 0.272 e. The number of carbonyl (C=O) groups excluding carboxylic acids is 2. The minimum absolute atomic E-state index is 0.0431. The number of rotatable bonds is 5. The van der Waals surface area contributed by atoms with E-state index in [0.717, 1.165) is 38.7 Å². The third-order valence-electron chi connectivity index (χ3n) is 6.14. The average molecular weight is 409 g/mol. The zero-order valence-electron chi connectivity index (χ0n) is 17.0. The Balaban J connectivity index is 1.25. The highest BCUT2D eigenvalue weighted by Crippen LogP contribution is 2.38. The Morgan fingerprint density at radius 3 is 2.63 bits per heavy atom. The van der Waals surface area contributed by atoms with Gasteiger partial charge in [-0.3, -0.25) is 14.6 Å². The Hall–Kier alpha value is -2.87. The summed E-state index contributed by atoms with van der Waals surface area (Å²) in [5.74, 6) is 0.412. The number of hydrogen-bond donors (Lipinski definition) is 1. The van der Waals surface area contributed by atoms with Gasteiger partial charge in [0, 0.05) is 50.4 Å². The molecule has 4 heterocycles. The monoisotopic (exact) mass is 409 g/mol. The van der Waals surface area contributed by atoms with E-state index in [1.165, 1.54) is 6.33 Å². The second kappa shape index (κ2) is 9.30. The highest BCUT2D eigenvalue weighted by Gasteiger charge is 2.41. The molecule has 2 aromatic rings. The largest absolute Gasteiger partial charge is 0.375 e. The lowest BCUT2D eigenvalue weighted by molar-refractivity contribution is -0.124. The van der Waals surface area contributed by atoms with Gasteiger partial charge in [-0.15, -0.1) is 0 Å². The van der Waals surface area contributed by atoms with Crippen molar-refractivity contribution in [3.05, 3.63) is 54.4 Å². The second-order valence-corrected chi connectivity index (χ2v) is 8.06. The van der Waals surface area contributed by atoms with Crippen LogP contribution in [-0.2, 0) is 4.74 Å². The number of pyridine rings is 1. The third kappa shape index (κ3) is 4.81. The van der Waals surface area contributed by atoms with Crippen molar-refractivity contribution in [2.45, 2.75) is 37.7 Å². The van der Waals surface area contributed by atoms with E-state index < -0.39 is 0 Å². The molecule has 1 unspecified atom stereocenters. The highest BCUT2D eigenvalue weighted by atomic mass is 16.5. The number of likely N-dealkylation sites (tertiary alicyclic amines) is 1. The van der Waals surface area contributed by atoms with Gasteiger partial charge in [-0.25, -0.2) is 9.97 Å². The van der Waals surface area contributed by atoms with Crippen LogP contribution in [-0.4, -0.2) is 63.5 Å². The minimum atomic E-state index is -0.152. The Bertz CT molecular complexity index is 854. The summed E-state index contributed by atoms with van der Waals surface area (Å²) in [6.07, 6.45) is 10.8. The fourth-order valence-electron chi connectivity index (χ4n) is 4.42. The predicted octanol–water partition coefficient (Wildman–Crippen LogP) is 2.09. The van der Waals surface area contributed by atoms with Gasteiger partial charge in [-0.05, 0) is 56.2 Å². The molecule has 0 aliphatic carbocycles. The first-order chi connectivity index (χ1) is 14.7. The number of amides is 2. The maximum Gasteiger partial charge on any atom is 0.272 e. The van der Waals surface area contributed by atoms with Gasteiger partial charge in [-0.1, -0.05) is 0 Å². The van der Waals surface area contributed by atoms with Crippen LogP contribution in [0.15, 0.2) is 43.1 Å². The normalized spacial score (nSPS) is 20.7. The van der Waals surface area contributed by atoms with Crippen LogP contribution in [0.2, 0.25) is 0 Å². The number of piperidine rings is 1. The van der Waals surface area contributed by atoms with Gasteiger partial charge in [0.2, 0.25) is 0 Å². The number of nitrogens with zero attached hydrogens (tertiary/aromatic N) is 4. The summed E-state index contributed by atoms with van der Waals surface area (Å²) in [7, 11) is 0. The van der Waals surface area contributed by atoms with Crippen molar-refractivity contribution in [3.8, 4) is 0 Å². The van der Waals surface area contributed by atoms with Crippen LogP contribution in [0.25, 0.3) is 0 Å². The zero-order chi connectivity index (χ0) is 20.8. The fraction of sp³-hybridized carbons (Fsp3) is 0.500. The molecule has 4 rings (SSSR count). The van der Waals surface area contributed by atoms with Crippen molar-refractivity contribution in [2.75, 3.05) is 26.2 Å². The van der Waals surface area contributed by atoms with E-state index in [1.54, 1.807) is 36.8 Å². The Morgan fingerprint density at radius 1 is 1.13 bits per heavy atom. The first-order valence-electron chi connectivity index (χ1n) is 10.5. The molecule has 0 saturated carbocycles. The standard InChI is InChI=1S/C22H27N5O3/c28-20(18-2-8-23-9-3-18)25-11-1-17-5-14-30-22(15-17)6-12-27(13-7-22)21(29)19-4-10-24-16-26-19/h2-4,8-10,16-17H,1,5-7,11-15H2,(H,25,28). The molecule has 1 spiro atoms. The van der Waals surface area contributed by atoms with E-state index in [2.05, 4.69) is 20.3 Å². The molecule has 0 radical (unpaired) electrons. The predicted molar refractivity (Wildman–Crippen MR) is 110 cm³/mol. The van der Waals surface area contributed by atoms with Gasteiger partial charge in [-0.2, -0.15) is 0 Å². The van der Waals surface area contributed by atoms with Crippen molar-refractivity contribution in [2.24, 2.45) is 5.92 Å². The molecule has 2 saturated heterocycles. The Labute approximate surface area is 176 Å². The van der Waals surface area contributed by atoms with Crippen molar-refractivity contribution in [1.82, 2.24) is 25.2 Å². The number of aromatic nitrogens is 3. The summed E-state index contributed by atoms with van der Waals surface area (Å²) in [6, 6.07) is 5.09. The van der Waals surface area contributed by atoms with Crippen molar-refractivity contribution >= 4 is 11.8 Å². The van der Waals surface area contributed by atoms with Crippen LogP contribution in [0.3, 0.4) is 0 Å². The lowest BCUT2D eigenvalue weighted by Crippen LogP contribution is -2.51. The molecule has 1 atom stereocenters. The molecule has 8 nitrogen and oxygen atoms in total. The quantitative estimate of drug-likeness (QED) is 0.812. The number of hydrogen-bond acceptors (Lipinski definition) is 6. The summed E-state index contributed by atoms with van der Waals surface area (Å²) in [6.45, 7) is 2.74. The molecule has 1 N–H and O–H groups in total. The van der Waals surface area contributed by atoms with Crippen LogP contribution < -0.4 is 5.32 Å². The van der Waals surface area contributed by atoms with Crippen LogP contribution in [0.4, 0.5) is 0 Å². The average Bonchev–Trinajstić information content (AvgIpc) is 2.80. The SMILES string of the molecule is O=C(NCCC1CCOC2(CCN(C(=O)c3ccncn3)CC2)C1)c1ccncc1. The molecule has 2 aliphatic rings. The van der Waals surface area contributed by atoms with E-state index >= 15 is 0 Å². The van der Waals surface area contributed by atoms with E-state index in [0.29, 0.717) is 36.8 Å². The lowest BCUT2D eigenvalue weighted by Gasteiger charge is -2.46. The van der Waals surface area contributed by atoms with E-state index in [-0.39, 0.29) is 17.4 Å². The van der Waals surface area contributed by atoms with Crippen LogP contribution in [0, 0.1) is 5.92 Å². The van der Waals surface area contributed by atoms with Crippen LogP contribution >= 0.6 is 0 Å². The third-order valence-corrected chi connectivity index (χ3v) is 6.14. The summed E-state index contributed by atoms with van der Waals surface area (Å²) in [4.78, 5) is 38.5. The number of nitrogens with one attached hydrogen (secondary N) is 1. The maximum absolute atomic E-state index is 12.6. The topological polar surface area (TPSA) is 97.3 Å². The van der Waals surface area contributed by atoms with Crippen molar-refractivity contribution < 1.29 is 14.3 Å². The molecular weight excluding hydrogens is 382 g/mol. The first-order valence-corrected chi connectivity index (χ1v) is 10.5. The van der Waals surface area contributed by atoms with E-state index in [9.17, 15) is 9.59 Å². The molecule has 2 fully saturated rings. The molecular formula is C22H27N5O3. The first kappa shape index (κ1) is 20.4. The van der Waals surface area contributed by atoms with Gasteiger partial charge in [0.15, 0.2) is 0 Å². The molecule has 2 aromatic heterocycles. The molecule has 158 valence electrons. The summed E-state index contributed by atoms with van der Waals surface area (Å²) >= 11 is 0. The highest BCUT2D eigenvalue weighted by molar-refractivity contribution is 5.94.